The van der Waals surface area contributed by atoms with Crippen LogP contribution >= 0.6 is 0 Å². The van der Waals surface area contributed by atoms with Gasteiger partial charge < -0.3 is 25.3 Å². The van der Waals surface area contributed by atoms with Gasteiger partial charge in [0.15, 0.2) is 12.6 Å². The van der Waals surface area contributed by atoms with Crippen LogP contribution in [0, 0.1) is 19.3 Å². The Morgan fingerprint density at radius 1 is 0.976 bits per heavy atom. The summed E-state index contributed by atoms with van der Waals surface area (Å²) >= 11 is 0. The molecular weight excluding hydrogens is 554 g/mol. The normalized spacial score (nSPS) is 11.2. The van der Waals surface area contributed by atoms with Crippen LogP contribution in [0.2, 0.25) is 0 Å². The van der Waals surface area contributed by atoms with Gasteiger partial charge in [-0.25, -0.2) is 9.59 Å². The molecule has 0 aliphatic heterocycles. The minimum absolute atomic E-state index is 0.208. The van der Waals surface area contributed by atoms with Crippen LogP contribution in [0.5, 0.6) is 11.5 Å². The number of esters is 3. The van der Waals surface area contributed by atoms with E-state index >= 15 is 0 Å². The second kappa shape index (κ2) is 14.6. The predicted octanol–water partition coefficient (Wildman–Crippen LogP) is 3.58. The monoisotopic (exact) mass is 585 g/mol. The van der Waals surface area contributed by atoms with Gasteiger partial charge in [-0.1, -0.05) is 29.8 Å². The maximum Gasteiger partial charge on any atom is 0.349 e. The molecule has 41 heavy (non-hydrogen) atoms. The molecule has 0 fully saturated rings. The van der Waals surface area contributed by atoms with E-state index in [-0.39, 0.29) is 5.96 Å². The fourth-order valence-electron chi connectivity index (χ4n) is 3.29. The molecule has 5 N–H and O–H groups in total. The third-order valence-electron chi connectivity index (χ3n) is 5.23. The highest BCUT2D eigenvalue weighted by Gasteiger charge is 2.19. The highest BCUT2D eigenvalue weighted by atomic mass is 32.2. The summed E-state index contributed by atoms with van der Waals surface area (Å²) in [6, 6.07) is 18.1. The van der Waals surface area contributed by atoms with Gasteiger partial charge in [-0.3, -0.25) is 14.8 Å². The van der Waals surface area contributed by atoms with E-state index in [1.54, 1.807) is 61.5 Å². The van der Waals surface area contributed by atoms with Crippen molar-refractivity contribution in [2.75, 3.05) is 18.2 Å². The van der Waals surface area contributed by atoms with Crippen LogP contribution in [-0.4, -0.2) is 49.7 Å². The molecule has 0 aromatic heterocycles. The summed E-state index contributed by atoms with van der Waals surface area (Å²) in [4.78, 5) is 36.9. The third-order valence-corrected chi connectivity index (χ3v) is 5.23. The molecular formula is C28H31N3O9S. The molecule has 0 aliphatic rings. The number of nitrogens with one attached hydrogen (secondary N) is 2. The maximum absolute atomic E-state index is 12.4. The van der Waals surface area contributed by atoms with Gasteiger partial charge in [-0.2, -0.15) is 8.42 Å². The lowest BCUT2D eigenvalue weighted by Crippen LogP contribution is -2.22. The van der Waals surface area contributed by atoms with Gasteiger partial charge >= 0.3 is 17.9 Å². The summed E-state index contributed by atoms with van der Waals surface area (Å²) in [5.74, 6) is -1.96. The third kappa shape index (κ3) is 11.9. The van der Waals surface area contributed by atoms with Crippen molar-refractivity contribution in [3.63, 3.8) is 0 Å². The van der Waals surface area contributed by atoms with E-state index in [9.17, 15) is 22.8 Å². The van der Waals surface area contributed by atoms with Crippen molar-refractivity contribution in [2.24, 2.45) is 5.73 Å². The molecule has 1 atom stereocenters. The van der Waals surface area contributed by atoms with Crippen LogP contribution in [0.4, 0.5) is 5.69 Å². The molecule has 1 unspecified atom stereocenters. The van der Waals surface area contributed by atoms with Crippen molar-refractivity contribution in [1.82, 2.24) is 0 Å². The number of ether oxygens (including phenoxy) is 3. The zero-order valence-corrected chi connectivity index (χ0v) is 23.7. The van der Waals surface area contributed by atoms with E-state index in [0.717, 1.165) is 11.1 Å². The van der Waals surface area contributed by atoms with Crippen molar-refractivity contribution in [3.05, 3.63) is 89.0 Å². The second-order valence-corrected chi connectivity index (χ2v) is 10.3. The van der Waals surface area contributed by atoms with E-state index in [1.807, 2.05) is 26.0 Å². The summed E-state index contributed by atoms with van der Waals surface area (Å²) in [6.07, 6.45) is 0.715. The number of nitrogens with two attached hydrogens (primary N) is 1. The lowest BCUT2D eigenvalue weighted by Gasteiger charge is -2.13. The number of anilines is 1. The number of rotatable bonds is 8. The number of aryl methyl sites for hydroxylation is 2. The van der Waals surface area contributed by atoms with Gasteiger partial charge in [0, 0.05) is 5.69 Å². The Bertz CT molecular complexity index is 1500. The Hall–Kier alpha value is -4.75. The number of hydrogen-bond acceptors (Lipinski definition) is 9. The fraction of sp³-hybridized carbons (Fsp3) is 0.214. The lowest BCUT2D eigenvalue weighted by atomic mass is 10.0. The zero-order chi connectivity index (χ0) is 30.7. The molecule has 0 aliphatic carbocycles. The molecule has 13 heteroatoms. The molecule has 12 nitrogen and oxygen atoms in total. The molecule has 0 saturated carbocycles. The highest BCUT2D eigenvalue weighted by molar-refractivity contribution is 7.85. The second-order valence-electron chi connectivity index (χ2n) is 8.88. The Labute approximate surface area is 237 Å². The van der Waals surface area contributed by atoms with Crippen molar-refractivity contribution >= 4 is 39.7 Å². The van der Waals surface area contributed by atoms with E-state index in [4.69, 9.17) is 29.9 Å². The molecule has 0 amide bonds. The number of benzene rings is 3. The summed E-state index contributed by atoms with van der Waals surface area (Å²) in [6.45, 7) is 4.91. The fourth-order valence-corrected chi connectivity index (χ4v) is 3.29. The molecule has 0 radical (unpaired) electrons. The first-order valence-electron chi connectivity index (χ1n) is 12.0. The van der Waals surface area contributed by atoms with Crippen LogP contribution in [0.1, 0.15) is 39.9 Å². The molecule has 3 aromatic rings. The number of guanidine groups is 1. The summed E-state index contributed by atoms with van der Waals surface area (Å²) in [5.41, 5.74) is 8.65. The van der Waals surface area contributed by atoms with Crippen LogP contribution in [-0.2, 0) is 24.4 Å². The van der Waals surface area contributed by atoms with Crippen molar-refractivity contribution in [1.29, 1.82) is 5.41 Å². The topological polar surface area (TPSA) is 195 Å². The minimum Gasteiger partial charge on any atom is -0.453 e. The average molecular weight is 586 g/mol. The van der Waals surface area contributed by atoms with Gasteiger partial charge in [0.2, 0.25) is 0 Å². The van der Waals surface area contributed by atoms with E-state index < -0.39 is 40.6 Å². The number of carbonyl (C=O) groups excluding carboxylic acids is 3. The zero-order valence-electron chi connectivity index (χ0n) is 22.8. The van der Waals surface area contributed by atoms with Crippen LogP contribution < -0.4 is 20.5 Å². The standard InChI is InChI=1S/C27H27N3O6.CH4O3S/c1-16-4-13-23(17(2)14-16)36-24(31)15-34-25(32)18(3)19-7-11-22(12-8-19)35-26(33)20-5-9-21(10-6-20)30-27(28)29;1-5(2,3)4/h4-14,18H,15H2,1-3H3,(H4,28,29,30);1H3,(H,2,3,4). The Balaban J connectivity index is 0.00000108. The van der Waals surface area contributed by atoms with Crippen molar-refractivity contribution < 1.29 is 41.6 Å². The Kier molecular flexibility index (Phi) is 11.5. The van der Waals surface area contributed by atoms with Crippen LogP contribution in [0.25, 0.3) is 0 Å². The van der Waals surface area contributed by atoms with E-state index in [1.165, 1.54) is 0 Å². The first kappa shape index (κ1) is 32.5. The van der Waals surface area contributed by atoms with Gasteiger partial charge in [0.05, 0.1) is 17.7 Å². The van der Waals surface area contributed by atoms with Gasteiger partial charge in [0.1, 0.15) is 11.5 Å². The first-order chi connectivity index (χ1) is 19.1. The summed E-state index contributed by atoms with van der Waals surface area (Å²) < 4.78 is 41.6. The smallest absolute Gasteiger partial charge is 0.349 e. The summed E-state index contributed by atoms with van der Waals surface area (Å²) in [7, 11) is -3.67. The first-order valence-corrected chi connectivity index (χ1v) is 13.9. The number of hydrogen-bond donors (Lipinski definition) is 4. The largest absolute Gasteiger partial charge is 0.453 e. The average Bonchev–Trinajstić information content (AvgIpc) is 2.88. The van der Waals surface area contributed by atoms with Gasteiger partial charge in [0.25, 0.3) is 10.1 Å². The maximum atomic E-state index is 12.4. The summed E-state index contributed by atoms with van der Waals surface area (Å²) in [5, 5.41) is 9.84. The van der Waals surface area contributed by atoms with Crippen LogP contribution in [0.3, 0.4) is 0 Å². The molecule has 3 aromatic carbocycles. The Morgan fingerprint density at radius 2 is 1.56 bits per heavy atom. The van der Waals surface area contributed by atoms with E-state index in [2.05, 4.69) is 5.32 Å². The van der Waals surface area contributed by atoms with Gasteiger partial charge in [-0.15, -0.1) is 0 Å². The Morgan fingerprint density at radius 3 is 2.10 bits per heavy atom. The van der Waals surface area contributed by atoms with E-state index in [0.29, 0.717) is 34.6 Å². The molecule has 0 saturated heterocycles. The quantitative estimate of drug-likeness (QED) is 0.0991. The van der Waals surface area contributed by atoms with Crippen LogP contribution in [0.15, 0.2) is 66.7 Å². The highest BCUT2D eigenvalue weighted by Crippen LogP contribution is 2.22. The minimum atomic E-state index is -3.67. The van der Waals surface area contributed by atoms with Gasteiger partial charge in [-0.05, 0) is 74.4 Å². The predicted molar refractivity (Wildman–Crippen MR) is 152 cm³/mol. The molecule has 3 rings (SSSR count). The molecule has 0 bridgehead atoms. The molecule has 0 spiro atoms. The molecule has 218 valence electrons. The van der Waals surface area contributed by atoms with Crippen molar-refractivity contribution in [2.45, 2.75) is 26.7 Å². The SMILES string of the molecule is CS(=O)(=O)O.Cc1ccc(OC(=O)COC(=O)C(C)c2ccc(OC(=O)c3ccc(NC(=N)N)cc3)cc2)c(C)c1. The lowest BCUT2D eigenvalue weighted by molar-refractivity contribution is -0.154. The van der Waals surface area contributed by atoms with Crippen molar-refractivity contribution in [3.8, 4) is 11.5 Å². The number of carbonyl (C=O) groups is 3. The molecule has 0 heterocycles.